The molecule has 0 unspecified atom stereocenters. The van der Waals surface area contributed by atoms with Crippen LogP contribution in [0.15, 0.2) is 65.0 Å². The maximum absolute atomic E-state index is 13.9. The highest BCUT2D eigenvalue weighted by atomic mass is 32.2. The third-order valence-electron chi connectivity index (χ3n) is 4.83. The van der Waals surface area contributed by atoms with Gasteiger partial charge in [-0.05, 0) is 36.2 Å². The summed E-state index contributed by atoms with van der Waals surface area (Å²) in [7, 11) is 0. The van der Waals surface area contributed by atoms with Gasteiger partial charge in [-0.25, -0.2) is 9.07 Å². The topological polar surface area (TPSA) is 129 Å². The third kappa shape index (κ3) is 3.99. The van der Waals surface area contributed by atoms with Crippen LogP contribution in [-0.2, 0) is 10.5 Å². The van der Waals surface area contributed by atoms with Gasteiger partial charge in [0.15, 0.2) is 0 Å². The number of rotatable bonds is 6. The number of carbonyl (C=O) groups is 1. The van der Waals surface area contributed by atoms with Crippen LogP contribution in [0.25, 0.3) is 0 Å². The molecule has 1 aromatic heterocycles. The first kappa shape index (κ1) is 20.5. The van der Waals surface area contributed by atoms with Crippen LogP contribution in [0.3, 0.4) is 0 Å². The number of nitrogens with two attached hydrogens (primary N) is 1. The summed E-state index contributed by atoms with van der Waals surface area (Å²) in [5, 5.41) is 18.9. The Morgan fingerprint density at radius 2 is 2.00 bits per heavy atom. The molecule has 2 aromatic carbocycles. The van der Waals surface area contributed by atoms with E-state index >= 15 is 0 Å². The van der Waals surface area contributed by atoms with Gasteiger partial charge in [0.2, 0.25) is 17.0 Å². The molecule has 1 aliphatic heterocycles. The van der Waals surface area contributed by atoms with E-state index in [1.54, 1.807) is 37.3 Å². The Kier molecular flexibility index (Phi) is 5.42. The Morgan fingerprint density at radius 1 is 1.29 bits per heavy atom. The summed E-state index contributed by atoms with van der Waals surface area (Å²) in [4.78, 5) is 27.1. The number of benzene rings is 2. The minimum Gasteiger partial charge on any atom is -0.366 e. The van der Waals surface area contributed by atoms with Crippen LogP contribution in [0.5, 0.6) is 0 Å². The standard InChI is InChI=1S/C20H17FN6O3S/c1-11-16(18(22)28)17(12-6-8-14(9-7-12)27(29)30)26-19(23-11)24-20(25-26)31-10-13-4-2-3-5-15(13)21/h2-9,17H,10H2,1H3,(H2,22,28)(H,23,24,25)/t17-/m1/s1. The minimum absolute atomic E-state index is 0.0704. The predicted octanol–water partition coefficient (Wildman–Crippen LogP) is 3.39. The van der Waals surface area contributed by atoms with Crippen molar-refractivity contribution in [3.8, 4) is 0 Å². The average molecular weight is 440 g/mol. The molecule has 158 valence electrons. The van der Waals surface area contributed by atoms with Gasteiger partial charge in [0.1, 0.15) is 11.9 Å². The number of hydrogen-bond donors (Lipinski definition) is 2. The van der Waals surface area contributed by atoms with E-state index in [4.69, 9.17) is 5.73 Å². The number of thioether (sulfide) groups is 1. The number of fused-ring (bicyclic) bond motifs is 1. The number of nitrogens with zero attached hydrogens (tertiary/aromatic N) is 4. The van der Waals surface area contributed by atoms with E-state index in [-0.39, 0.29) is 17.1 Å². The van der Waals surface area contributed by atoms with E-state index in [1.165, 1.54) is 34.6 Å². The van der Waals surface area contributed by atoms with Crippen molar-refractivity contribution < 1.29 is 14.1 Å². The minimum atomic E-state index is -0.704. The number of primary amides is 1. The largest absolute Gasteiger partial charge is 0.366 e. The molecule has 0 spiro atoms. The molecule has 0 bridgehead atoms. The molecule has 4 rings (SSSR count). The summed E-state index contributed by atoms with van der Waals surface area (Å²) in [6, 6.07) is 11.6. The lowest BCUT2D eigenvalue weighted by molar-refractivity contribution is -0.384. The molecule has 0 saturated carbocycles. The normalized spacial score (nSPS) is 15.4. The number of nitrogens with one attached hydrogen (secondary N) is 1. The van der Waals surface area contributed by atoms with Crippen molar-refractivity contribution in [2.24, 2.45) is 5.73 Å². The second-order valence-electron chi connectivity index (χ2n) is 6.82. The number of anilines is 1. The summed E-state index contributed by atoms with van der Waals surface area (Å²) in [6.07, 6.45) is 0. The number of carbonyl (C=O) groups excluding carboxylic acids is 1. The van der Waals surface area contributed by atoms with Gasteiger partial charge in [-0.3, -0.25) is 14.9 Å². The first-order chi connectivity index (χ1) is 14.8. The number of halogens is 1. The second-order valence-corrected chi connectivity index (χ2v) is 7.76. The van der Waals surface area contributed by atoms with E-state index in [0.29, 0.717) is 33.7 Å². The van der Waals surface area contributed by atoms with E-state index < -0.39 is 16.9 Å². The number of aromatic nitrogens is 3. The lowest BCUT2D eigenvalue weighted by atomic mass is 9.95. The quantitative estimate of drug-likeness (QED) is 0.341. The van der Waals surface area contributed by atoms with Crippen molar-refractivity contribution >= 4 is 29.3 Å². The molecule has 9 nitrogen and oxygen atoms in total. The summed E-state index contributed by atoms with van der Waals surface area (Å²) in [5.74, 6) is -0.237. The van der Waals surface area contributed by atoms with E-state index in [2.05, 4.69) is 15.4 Å². The first-order valence-electron chi connectivity index (χ1n) is 9.20. The molecule has 3 N–H and O–H groups in total. The summed E-state index contributed by atoms with van der Waals surface area (Å²) < 4.78 is 15.4. The number of nitro groups is 1. The average Bonchev–Trinajstić information content (AvgIpc) is 3.14. The van der Waals surface area contributed by atoms with E-state index in [9.17, 15) is 19.3 Å². The molecule has 3 aromatic rings. The molecule has 11 heteroatoms. The molecule has 0 saturated heterocycles. The molecular formula is C20H17FN6O3S. The van der Waals surface area contributed by atoms with E-state index in [1.807, 2.05) is 0 Å². The summed E-state index contributed by atoms with van der Waals surface area (Å²) in [6.45, 7) is 1.70. The summed E-state index contributed by atoms with van der Waals surface area (Å²) in [5.41, 5.74) is 7.46. The molecule has 2 heterocycles. The van der Waals surface area contributed by atoms with Crippen LogP contribution < -0.4 is 11.1 Å². The molecular weight excluding hydrogens is 423 g/mol. The van der Waals surface area contributed by atoms with Gasteiger partial charge < -0.3 is 11.1 Å². The Bertz CT molecular complexity index is 1210. The van der Waals surface area contributed by atoms with Crippen molar-refractivity contribution in [1.29, 1.82) is 0 Å². The van der Waals surface area contributed by atoms with Crippen LogP contribution in [-0.4, -0.2) is 25.6 Å². The Morgan fingerprint density at radius 3 is 2.65 bits per heavy atom. The molecule has 0 fully saturated rings. The van der Waals surface area contributed by atoms with Crippen molar-refractivity contribution in [2.45, 2.75) is 23.9 Å². The van der Waals surface area contributed by atoms with E-state index in [0.717, 1.165) is 0 Å². The van der Waals surface area contributed by atoms with Gasteiger partial charge in [0.25, 0.3) is 5.69 Å². The molecule has 1 atom stereocenters. The zero-order valence-corrected chi connectivity index (χ0v) is 17.1. The zero-order chi connectivity index (χ0) is 22.1. The molecule has 1 amide bonds. The number of nitro benzene ring substituents is 1. The SMILES string of the molecule is CC1=C(C(N)=O)[C@@H](c2ccc([N+](=O)[O-])cc2)n2nc(SCc3ccccc3F)nc2N1. The van der Waals surface area contributed by atoms with Crippen molar-refractivity contribution in [3.05, 3.63) is 86.9 Å². The Labute approximate surface area is 180 Å². The monoisotopic (exact) mass is 440 g/mol. The van der Waals surface area contributed by atoms with Crippen LogP contribution in [0.1, 0.15) is 24.1 Å². The highest BCUT2D eigenvalue weighted by molar-refractivity contribution is 7.98. The maximum atomic E-state index is 13.9. The maximum Gasteiger partial charge on any atom is 0.269 e. The fourth-order valence-electron chi connectivity index (χ4n) is 3.36. The second kappa shape index (κ2) is 8.19. The Balaban J connectivity index is 1.69. The van der Waals surface area contributed by atoms with Crippen LogP contribution in [0.2, 0.25) is 0 Å². The van der Waals surface area contributed by atoms with Crippen LogP contribution in [0, 0.1) is 15.9 Å². The van der Waals surface area contributed by atoms with Crippen molar-refractivity contribution in [2.75, 3.05) is 5.32 Å². The van der Waals surface area contributed by atoms with Gasteiger partial charge in [-0.2, -0.15) is 4.98 Å². The van der Waals surface area contributed by atoms with Crippen LogP contribution in [0.4, 0.5) is 16.0 Å². The van der Waals surface area contributed by atoms with Crippen molar-refractivity contribution in [3.63, 3.8) is 0 Å². The highest BCUT2D eigenvalue weighted by Gasteiger charge is 2.33. The van der Waals surface area contributed by atoms with Gasteiger partial charge in [0.05, 0.1) is 10.5 Å². The van der Waals surface area contributed by atoms with Gasteiger partial charge in [0, 0.05) is 23.6 Å². The number of allylic oxidation sites excluding steroid dienone is 1. The summed E-state index contributed by atoms with van der Waals surface area (Å²) >= 11 is 1.25. The first-order valence-corrected chi connectivity index (χ1v) is 10.2. The lowest BCUT2D eigenvalue weighted by Gasteiger charge is -2.27. The number of hydrogen-bond acceptors (Lipinski definition) is 7. The molecule has 0 aliphatic carbocycles. The van der Waals surface area contributed by atoms with Gasteiger partial charge in [-0.1, -0.05) is 30.0 Å². The van der Waals surface area contributed by atoms with Crippen molar-refractivity contribution in [1.82, 2.24) is 14.8 Å². The number of non-ortho nitro benzene ring substituents is 1. The lowest BCUT2D eigenvalue weighted by Crippen LogP contribution is -2.31. The third-order valence-corrected chi connectivity index (χ3v) is 5.72. The fourth-order valence-corrected chi connectivity index (χ4v) is 4.17. The highest BCUT2D eigenvalue weighted by Crippen LogP contribution is 2.36. The van der Waals surface area contributed by atoms with Crippen LogP contribution >= 0.6 is 11.8 Å². The number of amides is 1. The van der Waals surface area contributed by atoms with Gasteiger partial charge >= 0.3 is 0 Å². The smallest absolute Gasteiger partial charge is 0.269 e. The zero-order valence-electron chi connectivity index (χ0n) is 16.3. The molecule has 0 radical (unpaired) electrons. The fraction of sp³-hybridized carbons (Fsp3) is 0.150. The molecule has 31 heavy (non-hydrogen) atoms. The molecule has 1 aliphatic rings. The predicted molar refractivity (Wildman–Crippen MR) is 113 cm³/mol. The van der Waals surface area contributed by atoms with Gasteiger partial charge in [-0.15, -0.1) is 5.10 Å². The Hall–Kier alpha value is -3.73.